The zero-order valence-electron chi connectivity index (χ0n) is 11.4. The molecule has 4 nitrogen and oxygen atoms in total. The fourth-order valence-electron chi connectivity index (χ4n) is 2.28. The molecule has 0 atom stereocenters. The smallest absolute Gasteiger partial charge is 0.251 e. The number of nitrogens with one attached hydrogen (secondary N) is 2. The molecule has 0 spiro atoms. The van der Waals surface area contributed by atoms with Gasteiger partial charge in [-0.15, -0.1) is 0 Å². The van der Waals surface area contributed by atoms with Gasteiger partial charge < -0.3 is 10.6 Å². The van der Waals surface area contributed by atoms with Gasteiger partial charge in [0, 0.05) is 46.6 Å². The number of aryl methyl sites for hydroxylation is 1. The Labute approximate surface area is 116 Å². The Hall–Kier alpha value is -1.36. The molecule has 19 heavy (non-hydrogen) atoms. The summed E-state index contributed by atoms with van der Waals surface area (Å²) < 4.78 is 11.3. The molecule has 0 aromatic heterocycles. The number of amides is 1. The Balaban J connectivity index is 2.01. The van der Waals surface area contributed by atoms with Crippen molar-refractivity contribution < 1.29 is 9.00 Å². The molecule has 0 aliphatic carbocycles. The summed E-state index contributed by atoms with van der Waals surface area (Å²) in [5.74, 6) is 1.36. The molecule has 1 fully saturated rings. The molecule has 2 rings (SSSR count). The third-order valence-corrected chi connectivity index (χ3v) is 4.86. The summed E-state index contributed by atoms with van der Waals surface area (Å²) in [5.41, 5.74) is 2.68. The van der Waals surface area contributed by atoms with Crippen molar-refractivity contribution in [3.8, 4) is 0 Å². The van der Waals surface area contributed by atoms with Crippen molar-refractivity contribution in [2.45, 2.75) is 25.8 Å². The fraction of sp³-hybridized carbons (Fsp3) is 0.500. The standard InChI is InChI=1S/C14H20N2O2S/c1-10-9-12(15-2)3-4-13(10)14(17)16-11-5-7-19(18)8-6-11/h3-4,9,11,15H,5-8H2,1-2H3,(H,16,17). The van der Waals surface area contributed by atoms with Crippen LogP contribution >= 0.6 is 0 Å². The second-order valence-corrected chi connectivity index (χ2v) is 6.57. The molecule has 1 heterocycles. The Morgan fingerprint density at radius 1 is 1.32 bits per heavy atom. The Morgan fingerprint density at radius 2 is 2.00 bits per heavy atom. The van der Waals surface area contributed by atoms with Gasteiger partial charge in [-0.05, 0) is 43.5 Å². The summed E-state index contributed by atoms with van der Waals surface area (Å²) >= 11 is 0. The van der Waals surface area contributed by atoms with Crippen molar-refractivity contribution in [2.75, 3.05) is 23.9 Å². The maximum atomic E-state index is 12.2. The number of hydrogen-bond donors (Lipinski definition) is 2. The zero-order chi connectivity index (χ0) is 13.8. The largest absolute Gasteiger partial charge is 0.388 e. The van der Waals surface area contributed by atoms with E-state index in [1.165, 1.54) is 0 Å². The number of anilines is 1. The van der Waals surface area contributed by atoms with Crippen molar-refractivity contribution >= 4 is 22.4 Å². The number of hydrogen-bond acceptors (Lipinski definition) is 3. The number of carbonyl (C=O) groups excluding carboxylic acids is 1. The summed E-state index contributed by atoms with van der Waals surface area (Å²) in [6.07, 6.45) is 1.62. The van der Waals surface area contributed by atoms with E-state index >= 15 is 0 Å². The topological polar surface area (TPSA) is 58.2 Å². The van der Waals surface area contributed by atoms with Crippen LogP contribution in [0.5, 0.6) is 0 Å². The maximum absolute atomic E-state index is 12.2. The van der Waals surface area contributed by atoms with Crippen LogP contribution in [-0.4, -0.2) is 34.7 Å². The van der Waals surface area contributed by atoms with Gasteiger partial charge in [-0.3, -0.25) is 9.00 Å². The first-order chi connectivity index (χ1) is 9.10. The van der Waals surface area contributed by atoms with E-state index in [2.05, 4.69) is 10.6 Å². The van der Waals surface area contributed by atoms with Crippen molar-refractivity contribution in [1.82, 2.24) is 5.32 Å². The highest BCUT2D eigenvalue weighted by Crippen LogP contribution is 2.16. The first kappa shape index (κ1) is 14.1. The molecule has 1 aliphatic rings. The van der Waals surface area contributed by atoms with Gasteiger partial charge in [-0.2, -0.15) is 0 Å². The van der Waals surface area contributed by atoms with Crippen molar-refractivity contribution in [3.05, 3.63) is 29.3 Å². The molecule has 5 heteroatoms. The monoisotopic (exact) mass is 280 g/mol. The van der Waals surface area contributed by atoms with Crippen molar-refractivity contribution in [1.29, 1.82) is 0 Å². The van der Waals surface area contributed by atoms with Crippen LogP contribution in [-0.2, 0) is 10.8 Å². The lowest BCUT2D eigenvalue weighted by atomic mass is 10.1. The van der Waals surface area contributed by atoms with Crippen LogP contribution < -0.4 is 10.6 Å². The summed E-state index contributed by atoms with van der Waals surface area (Å²) in [7, 11) is 1.17. The lowest BCUT2D eigenvalue weighted by molar-refractivity contribution is 0.0934. The van der Waals surface area contributed by atoms with E-state index in [4.69, 9.17) is 0 Å². The van der Waals surface area contributed by atoms with Crippen LogP contribution in [0.1, 0.15) is 28.8 Å². The average Bonchev–Trinajstić information content (AvgIpc) is 2.41. The van der Waals surface area contributed by atoms with Crippen molar-refractivity contribution in [3.63, 3.8) is 0 Å². The van der Waals surface area contributed by atoms with Crippen LogP contribution in [0, 0.1) is 6.92 Å². The molecule has 0 unspecified atom stereocenters. The third-order valence-electron chi connectivity index (χ3n) is 3.48. The second-order valence-electron chi connectivity index (χ2n) is 4.88. The molecule has 0 bridgehead atoms. The van der Waals surface area contributed by atoms with Crippen LogP contribution in [0.2, 0.25) is 0 Å². The Morgan fingerprint density at radius 3 is 2.58 bits per heavy atom. The quantitative estimate of drug-likeness (QED) is 0.885. The van der Waals surface area contributed by atoms with E-state index in [9.17, 15) is 9.00 Å². The number of carbonyl (C=O) groups is 1. The number of benzene rings is 1. The minimum absolute atomic E-state index is 0.0298. The van der Waals surface area contributed by atoms with Gasteiger partial charge in [0.2, 0.25) is 0 Å². The molecule has 0 radical (unpaired) electrons. The van der Waals surface area contributed by atoms with E-state index in [1.807, 2.05) is 32.2 Å². The summed E-state index contributed by atoms with van der Waals surface area (Å²) in [6.45, 7) is 1.94. The highest BCUT2D eigenvalue weighted by Gasteiger charge is 2.20. The molecule has 1 amide bonds. The fourth-order valence-corrected chi connectivity index (χ4v) is 3.57. The highest BCUT2D eigenvalue weighted by molar-refractivity contribution is 7.85. The molecule has 104 valence electrons. The normalized spacial score (nSPS) is 22.8. The van der Waals surface area contributed by atoms with Crippen LogP contribution in [0.15, 0.2) is 18.2 Å². The molecule has 1 aliphatic heterocycles. The zero-order valence-corrected chi connectivity index (χ0v) is 12.2. The van der Waals surface area contributed by atoms with Gasteiger partial charge in [-0.1, -0.05) is 0 Å². The van der Waals surface area contributed by atoms with Gasteiger partial charge in [0.05, 0.1) is 0 Å². The van der Waals surface area contributed by atoms with Crippen LogP contribution in [0.3, 0.4) is 0 Å². The minimum Gasteiger partial charge on any atom is -0.388 e. The molecule has 0 saturated carbocycles. The van der Waals surface area contributed by atoms with E-state index in [-0.39, 0.29) is 11.9 Å². The minimum atomic E-state index is -0.689. The first-order valence-corrected chi connectivity index (χ1v) is 8.03. The second kappa shape index (κ2) is 6.19. The van der Waals surface area contributed by atoms with Gasteiger partial charge in [0.15, 0.2) is 0 Å². The van der Waals surface area contributed by atoms with Gasteiger partial charge >= 0.3 is 0 Å². The molecule has 1 aromatic carbocycles. The Kier molecular flexibility index (Phi) is 4.58. The third kappa shape index (κ3) is 3.56. The predicted octanol–water partition coefficient (Wildman–Crippen LogP) is 1.68. The Bertz CT molecular complexity index is 492. The first-order valence-electron chi connectivity index (χ1n) is 6.54. The number of rotatable bonds is 3. The SMILES string of the molecule is CNc1ccc(C(=O)NC2CCS(=O)CC2)c(C)c1. The molecular formula is C14H20N2O2S. The van der Waals surface area contributed by atoms with Crippen LogP contribution in [0.4, 0.5) is 5.69 Å². The maximum Gasteiger partial charge on any atom is 0.251 e. The van der Waals surface area contributed by atoms with Gasteiger partial charge in [-0.25, -0.2) is 0 Å². The van der Waals surface area contributed by atoms with Gasteiger partial charge in [0.1, 0.15) is 0 Å². The van der Waals surface area contributed by atoms with E-state index in [0.29, 0.717) is 17.1 Å². The molecular weight excluding hydrogens is 260 g/mol. The summed E-state index contributed by atoms with van der Waals surface area (Å²) in [5, 5.41) is 6.09. The molecule has 1 aromatic rings. The van der Waals surface area contributed by atoms with E-state index in [1.54, 1.807) is 0 Å². The lowest BCUT2D eigenvalue weighted by Gasteiger charge is -2.23. The molecule has 1 saturated heterocycles. The highest BCUT2D eigenvalue weighted by atomic mass is 32.2. The van der Waals surface area contributed by atoms with E-state index < -0.39 is 10.8 Å². The molecule has 2 N–H and O–H groups in total. The van der Waals surface area contributed by atoms with Crippen LogP contribution in [0.25, 0.3) is 0 Å². The predicted molar refractivity (Wildman–Crippen MR) is 79.1 cm³/mol. The summed E-state index contributed by atoms with van der Waals surface area (Å²) in [6, 6.07) is 5.87. The van der Waals surface area contributed by atoms with Crippen molar-refractivity contribution in [2.24, 2.45) is 0 Å². The van der Waals surface area contributed by atoms with E-state index in [0.717, 1.165) is 24.1 Å². The van der Waals surface area contributed by atoms with Gasteiger partial charge in [0.25, 0.3) is 5.91 Å². The lowest BCUT2D eigenvalue weighted by Crippen LogP contribution is -2.39. The average molecular weight is 280 g/mol. The summed E-state index contributed by atoms with van der Waals surface area (Å²) in [4.78, 5) is 12.2.